The molecule has 0 aliphatic rings. The third-order valence-corrected chi connectivity index (χ3v) is 7.50. The maximum atomic E-state index is 12.9. The van der Waals surface area contributed by atoms with Crippen molar-refractivity contribution in [2.45, 2.75) is 67.2 Å². The highest BCUT2D eigenvalue weighted by Crippen LogP contribution is 2.14. The minimum atomic E-state index is -0.0826. The molecule has 2 aromatic carbocycles. The van der Waals surface area contributed by atoms with Crippen LogP contribution in [0.4, 0.5) is 0 Å². The summed E-state index contributed by atoms with van der Waals surface area (Å²) in [5.41, 5.74) is 9.00. The molecule has 0 spiro atoms. The van der Waals surface area contributed by atoms with Crippen LogP contribution in [0.2, 0.25) is 0 Å². The highest BCUT2D eigenvalue weighted by molar-refractivity contribution is 5.81. The third kappa shape index (κ3) is 6.50. The molecule has 0 aliphatic carbocycles. The first-order valence-electron chi connectivity index (χ1n) is 14.0. The monoisotopic (exact) mass is 540 g/mol. The Kier molecular flexibility index (Phi) is 9.19. The Labute approximate surface area is 235 Å². The average molecular weight is 541 g/mol. The Bertz CT molecular complexity index is 1540. The van der Waals surface area contributed by atoms with Gasteiger partial charge >= 0.3 is 0 Å². The van der Waals surface area contributed by atoms with Crippen LogP contribution in [0.15, 0.2) is 56.0 Å². The second kappa shape index (κ2) is 12.8. The smallest absolute Gasteiger partial charge is 0.280 e. The van der Waals surface area contributed by atoms with Gasteiger partial charge in [0.1, 0.15) is 0 Å². The number of rotatable bonds is 11. The molecule has 0 radical (unpaired) electrons. The molecule has 0 aliphatic heterocycles. The first kappa shape index (κ1) is 28.8. The Hall–Kier alpha value is -4.20. The first-order valence-corrected chi connectivity index (χ1v) is 14.0. The van der Waals surface area contributed by atoms with E-state index in [0.717, 1.165) is 59.6 Å². The van der Waals surface area contributed by atoms with Gasteiger partial charge in [-0.1, -0.05) is 25.0 Å². The minimum Gasteiger partial charge on any atom is -0.295 e. The number of hydrogen-bond donors (Lipinski definition) is 2. The Morgan fingerprint density at radius 3 is 1.38 bits per heavy atom. The van der Waals surface area contributed by atoms with Gasteiger partial charge in [-0.2, -0.15) is 0 Å². The lowest BCUT2D eigenvalue weighted by molar-refractivity contribution is 0.655. The van der Waals surface area contributed by atoms with Gasteiger partial charge in [-0.3, -0.25) is 29.8 Å². The maximum absolute atomic E-state index is 12.9. The van der Waals surface area contributed by atoms with E-state index in [9.17, 15) is 9.59 Å². The van der Waals surface area contributed by atoms with Crippen molar-refractivity contribution in [1.29, 1.82) is 0 Å². The summed E-state index contributed by atoms with van der Waals surface area (Å²) in [6.45, 7) is 13.4. The summed E-state index contributed by atoms with van der Waals surface area (Å²) in [4.78, 5) is 34.8. The van der Waals surface area contributed by atoms with Gasteiger partial charge in [0.25, 0.3) is 11.1 Å². The van der Waals surface area contributed by atoms with E-state index in [1.54, 1.807) is 21.8 Å². The summed E-state index contributed by atoms with van der Waals surface area (Å²) in [7, 11) is 0. The number of aliphatic imine (C=N–C) groups is 2. The number of nitrogens with zero attached hydrogens (tertiary/aromatic N) is 4. The summed E-state index contributed by atoms with van der Waals surface area (Å²) < 4.78 is 3.16. The van der Waals surface area contributed by atoms with E-state index in [2.05, 4.69) is 34.0 Å². The van der Waals surface area contributed by atoms with Crippen molar-refractivity contribution in [2.75, 3.05) is 13.1 Å². The molecule has 0 atom stereocenters. The molecule has 4 aromatic rings. The molecular weight excluding hydrogens is 500 g/mol. The normalized spacial score (nSPS) is 11.8. The molecule has 40 heavy (non-hydrogen) atoms. The van der Waals surface area contributed by atoms with Crippen LogP contribution in [-0.4, -0.2) is 45.1 Å². The number of benzene rings is 2. The van der Waals surface area contributed by atoms with Crippen molar-refractivity contribution in [1.82, 2.24) is 19.6 Å². The zero-order valence-electron chi connectivity index (χ0n) is 24.5. The van der Waals surface area contributed by atoms with E-state index in [-0.39, 0.29) is 11.1 Å². The zero-order valence-corrected chi connectivity index (χ0v) is 24.5. The number of H-pyrrole nitrogens is 2. The maximum Gasteiger partial charge on any atom is 0.280 e. The SMILES string of the molecule is Cc1ccc(-n2[nH]c(C)c(C=NCCCCCCN=Cc3c(C)[nH]n(-c4ccc(C)c(C)c4)c3=O)c2=O)cc1C. The zero-order chi connectivity index (χ0) is 28.8. The van der Waals surface area contributed by atoms with Gasteiger partial charge in [-0.05, 0) is 101 Å². The van der Waals surface area contributed by atoms with Gasteiger partial charge in [0.05, 0.1) is 22.5 Å². The molecule has 2 aromatic heterocycles. The summed E-state index contributed by atoms with van der Waals surface area (Å²) in [6, 6.07) is 12.0. The summed E-state index contributed by atoms with van der Waals surface area (Å²) in [6.07, 6.45) is 7.36. The number of aromatic nitrogens is 4. The van der Waals surface area contributed by atoms with Crippen LogP contribution in [0.3, 0.4) is 0 Å². The topological polar surface area (TPSA) is 100 Å². The Morgan fingerprint density at radius 2 is 1.00 bits per heavy atom. The standard InChI is InChI=1S/C32H40N6O2/c1-21-11-13-27(17-23(21)3)37-31(39)29(25(5)35-37)19-33-15-9-7-8-10-16-34-20-30-26(6)36-38(32(30)40)28-14-12-22(2)24(4)18-28/h11-14,17-20,35-36H,7-10,15-16H2,1-6H3. The lowest BCUT2D eigenvalue weighted by atomic mass is 10.1. The molecule has 2 N–H and O–H groups in total. The van der Waals surface area contributed by atoms with E-state index >= 15 is 0 Å². The number of aryl methyl sites for hydroxylation is 6. The quantitative estimate of drug-likeness (QED) is 0.191. The van der Waals surface area contributed by atoms with Crippen molar-refractivity contribution < 1.29 is 0 Å². The van der Waals surface area contributed by atoms with Gasteiger partial charge in [-0.15, -0.1) is 0 Å². The van der Waals surface area contributed by atoms with Crippen LogP contribution in [0, 0.1) is 41.5 Å². The summed E-state index contributed by atoms with van der Waals surface area (Å²) >= 11 is 0. The minimum absolute atomic E-state index is 0.0826. The molecule has 8 heteroatoms. The fraction of sp³-hybridized carbons (Fsp3) is 0.375. The van der Waals surface area contributed by atoms with E-state index in [1.807, 2.05) is 64.1 Å². The van der Waals surface area contributed by atoms with Gasteiger partial charge < -0.3 is 0 Å². The number of aromatic amines is 2. The van der Waals surface area contributed by atoms with Crippen molar-refractivity contribution in [3.05, 3.63) is 102 Å². The largest absolute Gasteiger partial charge is 0.295 e. The van der Waals surface area contributed by atoms with Gasteiger partial charge in [0.15, 0.2) is 0 Å². The number of unbranched alkanes of at least 4 members (excludes halogenated alkanes) is 3. The van der Waals surface area contributed by atoms with Crippen molar-refractivity contribution in [2.24, 2.45) is 9.98 Å². The lowest BCUT2D eigenvalue weighted by Gasteiger charge is -2.05. The van der Waals surface area contributed by atoms with Crippen LogP contribution in [0.1, 0.15) is 70.5 Å². The molecule has 0 fully saturated rings. The Morgan fingerprint density at radius 1 is 0.600 bits per heavy atom. The molecule has 0 unspecified atom stereocenters. The van der Waals surface area contributed by atoms with Gasteiger partial charge in [0, 0.05) is 36.9 Å². The number of hydrogen-bond acceptors (Lipinski definition) is 4. The van der Waals surface area contributed by atoms with Crippen molar-refractivity contribution in [3.63, 3.8) is 0 Å². The molecule has 0 bridgehead atoms. The van der Waals surface area contributed by atoms with Crippen LogP contribution in [-0.2, 0) is 0 Å². The highest BCUT2D eigenvalue weighted by atomic mass is 16.1. The summed E-state index contributed by atoms with van der Waals surface area (Å²) in [5, 5.41) is 6.33. The molecular formula is C32H40N6O2. The fourth-order valence-electron chi connectivity index (χ4n) is 4.59. The third-order valence-electron chi connectivity index (χ3n) is 7.50. The average Bonchev–Trinajstić information content (AvgIpc) is 3.37. The van der Waals surface area contributed by atoms with E-state index < -0.39 is 0 Å². The van der Waals surface area contributed by atoms with E-state index in [1.165, 1.54) is 11.1 Å². The molecule has 2 heterocycles. The molecule has 210 valence electrons. The predicted molar refractivity (Wildman–Crippen MR) is 165 cm³/mol. The second-order valence-corrected chi connectivity index (χ2v) is 10.6. The van der Waals surface area contributed by atoms with Crippen LogP contribution in [0.5, 0.6) is 0 Å². The summed E-state index contributed by atoms with van der Waals surface area (Å²) in [5.74, 6) is 0. The van der Waals surface area contributed by atoms with E-state index in [0.29, 0.717) is 24.2 Å². The lowest BCUT2D eigenvalue weighted by Crippen LogP contribution is -2.17. The van der Waals surface area contributed by atoms with Crippen molar-refractivity contribution in [3.8, 4) is 11.4 Å². The number of nitrogens with one attached hydrogen (secondary N) is 2. The van der Waals surface area contributed by atoms with Crippen LogP contribution >= 0.6 is 0 Å². The molecule has 0 saturated carbocycles. The van der Waals surface area contributed by atoms with Gasteiger partial charge in [0.2, 0.25) is 0 Å². The van der Waals surface area contributed by atoms with Crippen LogP contribution in [0.25, 0.3) is 11.4 Å². The molecule has 0 amide bonds. The second-order valence-electron chi connectivity index (χ2n) is 10.6. The molecule has 0 saturated heterocycles. The highest BCUT2D eigenvalue weighted by Gasteiger charge is 2.12. The van der Waals surface area contributed by atoms with Crippen LogP contribution < -0.4 is 11.1 Å². The fourth-order valence-corrected chi connectivity index (χ4v) is 4.59. The Balaban J connectivity index is 1.22. The predicted octanol–water partition coefficient (Wildman–Crippen LogP) is 5.59. The molecule has 4 rings (SSSR count). The molecule has 8 nitrogen and oxygen atoms in total. The first-order chi connectivity index (χ1) is 19.2. The van der Waals surface area contributed by atoms with E-state index in [4.69, 9.17) is 0 Å². The van der Waals surface area contributed by atoms with Crippen molar-refractivity contribution >= 4 is 12.4 Å². The van der Waals surface area contributed by atoms with Gasteiger partial charge in [-0.25, -0.2) is 9.36 Å².